The quantitative estimate of drug-likeness (QED) is 0.281. The highest BCUT2D eigenvalue weighted by atomic mass is 14.3. The molecule has 0 spiro atoms. The van der Waals surface area contributed by atoms with Crippen molar-refractivity contribution in [1.82, 2.24) is 0 Å². The number of rotatable bonds is 7. The first-order valence-electron chi connectivity index (χ1n) is 10.2. The Bertz CT molecular complexity index is 449. The van der Waals surface area contributed by atoms with Gasteiger partial charge in [-0.2, -0.15) is 5.26 Å². The summed E-state index contributed by atoms with van der Waals surface area (Å²) in [4.78, 5) is 0. The molecule has 2 aliphatic rings. The Balaban J connectivity index is 1.59. The fourth-order valence-electron chi connectivity index (χ4n) is 4.38. The number of hydrogen-bond acceptors (Lipinski definition) is 1. The van der Waals surface area contributed by atoms with E-state index in [0.29, 0.717) is 0 Å². The second kappa shape index (κ2) is 11.3. The molecule has 0 radical (unpaired) electrons. The fraction of sp³-hybridized carbons (Fsp3) is 0.696. The summed E-state index contributed by atoms with van der Waals surface area (Å²) in [7, 11) is 0. The minimum absolute atomic E-state index is 0.847. The van der Waals surface area contributed by atoms with Crippen molar-refractivity contribution in [3.63, 3.8) is 0 Å². The average Bonchev–Trinajstić information content (AvgIpc) is 2.64. The summed E-state index contributed by atoms with van der Waals surface area (Å²) >= 11 is 0. The van der Waals surface area contributed by atoms with Crippen molar-refractivity contribution < 1.29 is 0 Å². The second-order valence-corrected chi connectivity index (χ2v) is 7.85. The Hall–Kier alpha value is -1.29. The summed E-state index contributed by atoms with van der Waals surface area (Å²) in [5.41, 5.74) is 0. The van der Waals surface area contributed by atoms with E-state index in [2.05, 4.69) is 25.2 Å². The highest BCUT2D eigenvalue weighted by Crippen LogP contribution is 2.35. The average molecular weight is 326 g/mol. The molecular formula is C23H35N. The molecule has 0 bridgehead atoms. The third-order valence-electron chi connectivity index (χ3n) is 6.18. The van der Waals surface area contributed by atoms with Crippen LogP contribution >= 0.6 is 0 Å². The SMILES string of the molecule is CC[C@H]1CC[C@H](C=C[C@H]2CC[C@H](CCC=CC=CC#N)CC2)CC1. The van der Waals surface area contributed by atoms with Crippen molar-refractivity contribution in [1.29, 1.82) is 5.26 Å². The maximum atomic E-state index is 8.43. The molecule has 0 aromatic rings. The van der Waals surface area contributed by atoms with Gasteiger partial charge in [0.05, 0.1) is 6.07 Å². The third kappa shape index (κ3) is 7.08. The van der Waals surface area contributed by atoms with Crippen LogP contribution in [0.5, 0.6) is 0 Å². The van der Waals surface area contributed by atoms with Crippen molar-refractivity contribution in [2.24, 2.45) is 23.7 Å². The molecule has 1 nitrogen and oxygen atoms in total. The molecule has 2 rings (SSSR count). The van der Waals surface area contributed by atoms with Crippen LogP contribution in [-0.4, -0.2) is 0 Å². The van der Waals surface area contributed by atoms with Gasteiger partial charge in [0.2, 0.25) is 0 Å². The van der Waals surface area contributed by atoms with Gasteiger partial charge in [0, 0.05) is 6.08 Å². The fourth-order valence-corrected chi connectivity index (χ4v) is 4.38. The van der Waals surface area contributed by atoms with Crippen LogP contribution in [0.15, 0.2) is 36.5 Å². The lowest BCUT2D eigenvalue weighted by atomic mass is 9.78. The molecule has 0 N–H and O–H groups in total. The number of allylic oxidation sites excluding steroid dienone is 6. The van der Waals surface area contributed by atoms with Gasteiger partial charge >= 0.3 is 0 Å². The lowest BCUT2D eigenvalue weighted by Crippen LogP contribution is -2.14. The minimum atomic E-state index is 0.847. The van der Waals surface area contributed by atoms with E-state index >= 15 is 0 Å². The molecule has 24 heavy (non-hydrogen) atoms. The molecule has 0 saturated heterocycles. The molecule has 0 heterocycles. The van der Waals surface area contributed by atoms with Gasteiger partial charge in [-0.25, -0.2) is 0 Å². The predicted molar refractivity (Wildman–Crippen MR) is 103 cm³/mol. The first kappa shape index (κ1) is 19.0. The van der Waals surface area contributed by atoms with Crippen LogP contribution < -0.4 is 0 Å². The maximum Gasteiger partial charge on any atom is 0.0912 e. The van der Waals surface area contributed by atoms with Gasteiger partial charge in [-0.15, -0.1) is 0 Å². The largest absolute Gasteiger partial charge is 0.193 e. The van der Waals surface area contributed by atoms with Gasteiger partial charge in [-0.05, 0) is 87.9 Å². The molecule has 0 aliphatic heterocycles. The van der Waals surface area contributed by atoms with Crippen LogP contribution in [0.25, 0.3) is 0 Å². The summed E-state index contributed by atoms with van der Waals surface area (Å²) < 4.78 is 0. The van der Waals surface area contributed by atoms with Crippen LogP contribution in [0.4, 0.5) is 0 Å². The van der Waals surface area contributed by atoms with Crippen LogP contribution in [-0.2, 0) is 0 Å². The van der Waals surface area contributed by atoms with E-state index in [-0.39, 0.29) is 0 Å². The molecule has 0 aromatic heterocycles. The molecule has 2 saturated carbocycles. The Morgan fingerprint density at radius 1 is 0.833 bits per heavy atom. The van der Waals surface area contributed by atoms with Gasteiger partial charge in [0.25, 0.3) is 0 Å². The molecule has 0 atom stereocenters. The predicted octanol–water partition coefficient (Wildman–Crippen LogP) is 6.98. The zero-order chi connectivity index (χ0) is 17.0. The Morgan fingerprint density at radius 3 is 1.96 bits per heavy atom. The Labute approximate surface area is 149 Å². The highest BCUT2D eigenvalue weighted by Gasteiger charge is 2.21. The van der Waals surface area contributed by atoms with Crippen molar-refractivity contribution in [3.8, 4) is 6.07 Å². The zero-order valence-electron chi connectivity index (χ0n) is 15.5. The Morgan fingerprint density at radius 2 is 1.42 bits per heavy atom. The van der Waals surface area contributed by atoms with Crippen molar-refractivity contribution in [2.75, 3.05) is 0 Å². The van der Waals surface area contributed by atoms with E-state index < -0.39 is 0 Å². The van der Waals surface area contributed by atoms with Crippen LogP contribution in [0, 0.1) is 35.0 Å². The van der Waals surface area contributed by atoms with Gasteiger partial charge in [0.1, 0.15) is 0 Å². The summed E-state index contributed by atoms with van der Waals surface area (Å²) in [6.07, 6.45) is 27.9. The van der Waals surface area contributed by atoms with E-state index in [9.17, 15) is 0 Å². The van der Waals surface area contributed by atoms with E-state index in [1.54, 1.807) is 0 Å². The van der Waals surface area contributed by atoms with Gasteiger partial charge in [0.15, 0.2) is 0 Å². The maximum absolute atomic E-state index is 8.43. The molecule has 1 heteroatoms. The molecule has 2 fully saturated rings. The highest BCUT2D eigenvalue weighted by molar-refractivity contribution is 5.11. The second-order valence-electron chi connectivity index (χ2n) is 7.85. The minimum Gasteiger partial charge on any atom is -0.193 e. The topological polar surface area (TPSA) is 23.8 Å². The lowest BCUT2D eigenvalue weighted by molar-refractivity contribution is 0.290. The molecule has 0 aromatic carbocycles. The molecule has 0 unspecified atom stereocenters. The van der Waals surface area contributed by atoms with E-state index in [1.165, 1.54) is 70.3 Å². The van der Waals surface area contributed by atoms with Gasteiger partial charge < -0.3 is 0 Å². The molecule has 132 valence electrons. The smallest absolute Gasteiger partial charge is 0.0912 e. The summed E-state index contributed by atoms with van der Waals surface area (Å²) in [5.74, 6) is 3.64. The van der Waals surface area contributed by atoms with Crippen LogP contribution in [0.1, 0.15) is 77.6 Å². The molecule has 2 aliphatic carbocycles. The lowest BCUT2D eigenvalue weighted by Gasteiger charge is -2.28. The van der Waals surface area contributed by atoms with E-state index in [0.717, 1.165) is 30.1 Å². The van der Waals surface area contributed by atoms with Crippen molar-refractivity contribution in [3.05, 3.63) is 36.5 Å². The molecular weight excluding hydrogens is 290 g/mol. The first-order valence-corrected chi connectivity index (χ1v) is 10.2. The number of nitriles is 1. The zero-order valence-corrected chi connectivity index (χ0v) is 15.5. The number of nitrogens with zero attached hydrogens (tertiary/aromatic N) is 1. The van der Waals surface area contributed by atoms with Crippen LogP contribution in [0.2, 0.25) is 0 Å². The van der Waals surface area contributed by atoms with Crippen molar-refractivity contribution in [2.45, 2.75) is 77.6 Å². The van der Waals surface area contributed by atoms with Gasteiger partial charge in [-0.3, -0.25) is 0 Å². The van der Waals surface area contributed by atoms with E-state index in [4.69, 9.17) is 5.26 Å². The molecule has 0 amide bonds. The van der Waals surface area contributed by atoms with Crippen LogP contribution in [0.3, 0.4) is 0 Å². The monoisotopic (exact) mass is 325 g/mol. The standard InChI is InChI=1S/C23H35N/c1-2-20-9-11-22(12-10-20)17-18-23-15-13-21(14-16-23)8-6-4-3-5-7-19-24/h3-5,7,17-18,20-23H,2,6,8-16H2,1H3/t20-,21-,22-,23-. The third-order valence-corrected chi connectivity index (χ3v) is 6.18. The van der Waals surface area contributed by atoms with Gasteiger partial charge in [-0.1, -0.05) is 43.7 Å². The summed E-state index contributed by atoms with van der Waals surface area (Å²) in [6.45, 7) is 2.35. The summed E-state index contributed by atoms with van der Waals surface area (Å²) in [5, 5.41) is 8.43. The number of hydrogen-bond donors (Lipinski definition) is 0. The first-order chi connectivity index (χ1) is 11.8. The Kier molecular flexibility index (Phi) is 8.96. The van der Waals surface area contributed by atoms with E-state index in [1.807, 2.05) is 18.2 Å². The summed E-state index contributed by atoms with van der Waals surface area (Å²) in [6, 6.07) is 2.02. The normalized spacial score (nSPS) is 31.8. The van der Waals surface area contributed by atoms with Crippen molar-refractivity contribution >= 4 is 0 Å².